The van der Waals surface area contributed by atoms with E-state index in [2.05, 4.69) is 88.3 Å². The van der Waals surface area contributed by atoms with Crippen LogP contribution in [-0.2, 0) is 4.79 Å². The number of halogens is 1. The highest BCUT2D eigenvalue weighted by atomic mass is 79.9. The van der Waals surface area contributed by atoms with Crippen molar-refractivity contribution in [3.05, 3.63) is 58.7 Å². The highest BCUT2D eigenvalue weighted by molar-refractivity contribution is 9.10. The number of hydrogen-bond acceptors (Lipinski definition) is 3. The summed E-state index contributed by atoms with van der Waals surface area (Å²) in [4.78, 5) is 17.1. The minimum absolute atomic E-state index is 0.250. The Morgan fingerprint density at radius 2 is 1.97 bits per heavy atom. The van der Waals surface area contributed by atoms with Crippen LogP contribution in [0.1, 0.15) is 44.6 Å². The number of aromatic nitrogens is 1. The fraction of sp³-hybridized carbons (Fsp3) is 0.375. The molecule has 0 bridgehead atoms. The number of carboxylic acid groups (broad SMARTS) is 1. The smallest absolute Gasteiger partial charge is 0.290 e. The molecule has 1 fully saturated rings. The van der Waals surface area contributed by atoms with Gasteiger partial charge in [0.2, 0.25) is 0 Å². The molecule has 160 valence electrons. The number of carbonyl (C=O) groups is 1. The maximum absolute atomic E-state index is 8.36. The monoisotopic (exact) mass is 488 g/mol. The van der Waals surface area contributed by atoms with Crippen LogP contribution < -0.4 is 0 Å². The van der Waals surface area contributed by atoms with Crippen LogP contribution in [0.2, 0.25) is 0 Å². The van der Waals surface area contributed by atoms with Crippen LogP contribution in [0.4, 0.5) is 0 Å². The molecule has 6 heteroatoms. The molecule has 2 aromatic carbocycles. The topological polar surface area (TPSA) is 56.3 Å². The van der Waals surface area contributed by atoms with E-state index >= 15 is 0 Å². The molecule has 3 aromatic rings. The number of nitrogens with zero attached hydrogens (tertiary/aromatic N) is 1. The van der Waals surface area contributed by atoms with Crippen LogP contribution in [0.3, 0.4) is 0 Å². The third kappa shape index (κ3) is 5.48. The van der Waals surface area contributed by atoms with Crippen LogP contribution in [0.25, 0.3) is 10.9 Å². The number of hydrogen-bond donors (Lipinski definition) is 2. The van der Waals surface area contributed by atoms with E-state index in [1.54, 1.807) is 0 Å². The molecule has 1 aliphatic rings. The molecule has 30 heavy (non-hydrogen) atoms. The lowest BCUT2D eigenvalue weighted by molar-refractivity contribution is -0.122. The molecular weight excluding hydrogens is 460 g/mol. The Kier molecular flexibility index (Phi) is 8.42. The van der Waals surface area contributed by atoms with Gasteiger partial charge in [0.15, 0.2) is 0 Å². The Labute approximate surface area is 191 Å². The zero-order valence-electron chi connectivity index (χ0n) is 17.5. The second-order valence-electron chi connectivity index (χ2n) is 7.66. The Morgan fingerprint density at radius 3 is 2.63 bits per heavy atom. The number of aromatic amines is 1. The molecule has 0 radical (unpaired) electrons. The molecule has 0 spiro atoms. The number of rotatable bonds is 5. The summed E-state index contributed by atoms with van der Waals surface area (Å²) in [5, 5.41) is 8.29. The number of benzene rings is 2. The second-order valence-corrected chi connectivity index (χ2v) is 9.63. The van der Waals surface area contributed by atoms with Crippen molar-refractivity contribution in [1.82, 2.24) is 9.88 Å². The van der Waals surface area contributed by atoms with E-state index < -0.39 is 0 Å². The molecular formula is C24H29BrN2O2S. The first kappa shape index (κ1) is 22.9. The number of H-pyrrole nitrogens is 1. The summed E-state index contributed by atoms with van der Waals surface area (Å²) in [6.07, 6.45) is 6.02. The lowest BCUT2D eigenvalue weighted by Crippen LogP contribution is -2.39. The van der Waals surface area contributed by atoms with Gasteiger partial charge in [0.25, 0.3) is 6.47 Å². The maximum Gasteiger partial charge on any atom is 0.290 e. The third-order valence-corrected chi connectivity index (χ3v) is 7.95. The zero-order valence-corrected chi connectivity index (χ0v) is 19.9. The van der Waals surface area contributed by atoms with E-state index in [9.17, 15) is 0 Å². The van der Waals surface area contributed by atoms with E-state index in [1.165, 1.54) is 58.6 Å². The van der Waals surface area contributed by atoms with E-state index in [1.807, 2.05) is 11.8 Å². The molecule has 0 saturated carbocycles. The summed E-state index contributed by atoms with van der Waals surface area (Å²) >= 11 is 5.49. The first-order valence-corrected chi connectivity index (χ1v) is 12.0. The Hall–Kier alpha value is -1.76. The molecule has 1 saturated heterocycles. The minimum atomic E-state index is -0.250. The molecule has 1 unspecified atom stereocenters. The average molecular weight is 489 g/mol. The van der Waals surface area contributed by atoms with Crippen molar-refractivity contribution in [2.45, 2.75) is 54.9 Å². The Balaban J connectivity index is 0.000000806. The van der Waals surface area contributed by atoms with Gasteiger partial charge in [-0.15, -0.1) is 0 Å². The fourth-order valence-corrected chi connectivity index (χ4v) is 5.49. The van der Waals surface area contributed by atoms with E-state index in [0.717, 1.165) is 4.47 Å². The zero-order chi connectivity index (χ0) is 21.5. The molecule has 2 N–H and O–H groups in total. The summed E-state index contributed by atoms with van der Waals surface area (Å²) in [5.74, 6) is 0.669. The predicted octanol–water partition coefficient (Wildman–Crippen LogP) is 6.76. The van der Waals surface area contributed by atoms with Crippen LogP contribution in [0, 0.1) is 0 Å². The van der Waals surface area contributed by atoms with E-state index in [4.69, 9.17) is 9.90 Å². The first-order chi connectivity index (χ1) is 14.6. The fourth-order valence-electron chi connectivity index (χ4n) is 4.09. The number of piperidine rings is 1. The predicted molar refractivity (Wildman–Crippen MR) is 129 cm³/mol. The normalized spacial score (nSPS) is 16.1. The minimum Gasteiger partial charge on any atom is -0.483 e. The molecule has 1 aliphatic heterocycles. The van der Waals surface area contributed by atoms with Crippen molar-refractivity contribution in [3.8, 4) is 0 Å². The largest absolute Gasteiger partial charge is 0.483 e. The van der Waals surface area contributed by atoms with Crippen LogP contribution in [0.15, 0.2) is 62.9 Å². The quantitative estimate of drug-likeness (QED) is 0.389. The average Bonchev–Trinajstić information content (AvgIpc) is 3.19. The van der Waals surface area contributed by atoms with Gasteiger partial charge in [-0.25, -0.2) is 0 Å². The van der Waals surface area contributed by atoms with Gasteiger partial charge in [0.05, 0.1) is 0 Å². The molecule has 4 rings (SSSR count). The van der Waals surface area contributed by atoms with Gasteiger partial charge in [-0.05, 0) is 97.0 Å². The lowest BCUT2D eigenvalue weighted by Gasteiger charge is -2.35. The molecule has 2 heterocycles. The molecule has 1 aromatic heterocycles. The van der Waals surface area contributed by atoms with Crippen molar-refractivity contribution in [1.29, 1.82) is 0 Å². The van der Waals surface area contributed by atoms with Crippen LogP contribution >= 0.6 is 27.7 Å². The maximum atomic E-state index is 8.36. The van der Waals surface area contributed by atoms with Crippen molar-refractivity contribution < 1.29 is 9.90 Å². The molecule has 0 amide bonds. The van der Waals surface area contributed by atoms with E-state index in [0.29, 0.717) is 12.0 Å². The van der Waals surface area contributed by atoms with Gasteiger partial charge < -0.3 is 15.0 Å². The molecule has 1 atom stereocenters. The summed E-state index contributed by atoms with van der Waals surface area (Å²) in [7, 11) is 0. The number of likely N-dealkylation sites (tertiary alicyclic amines) is 1. The van der Waals surface area contributed by atoms with Gasteiger partial charge in [-0.1, -0.05) is 30.8 Å². The standard InChI is InChI=1S/C23H27BrN2S.CH2O2/c1-3-16(2)26-12-10-17(11-13-26)20-15-25-22-9-8-18(14-19(20)22)27-23-7-5-4-6-21(23)24;2-1-3/h4-9,14-17,25H,3,10-13H2,1-2H3;1H,(H,2,3). The Bertz CT molecular complexity index is 967. The van der Waals surface area contributed by atoms with Crippen molar-refractivity contribution >= 4 is 45.1 Å². The summed E-state index contributed by atoms with van der Waals surface area (Å²) in [5.41, 5.74) is 2.76. The third-order valence-electron chi connectivity index (χ3n) is 5.93. The number of nitrogens with one attached hydrogen (secondary N) is 1. The SMILES string of the molecule is CCC(C)N1CCC(c2c[nH]c3ccc(Sc4ccccc4Br)cc23)CC1.O=CO. The highest BCUT2D eigenvalue weighted by Crippen LogP contribution is 2.38. The van der Waals surface area contributed by atoms with Gasteiger partial charge in [0.1, 0.15) is 0 Å². The van der Waals surface area contributed by atoms with Crippen LogP contribution in [0.5, 0.6) is 0 Å². The van der Waals surface area contributed by atoms with Gasteiger partial charge in [0, 0.05) is 37.4 Å². The van der Waals surface area contributed by atoms with Gasteiger partial charge >= 0.3 is 0 Å². The van der Waals surface area contributed by atoms with Crippen molar-refractivity contribution in [3.63, 3.8) is 0 Å². The highest BCUT2D eigenvalue weighted by Gasteiger charge is 2.24. The molecule has 4 nitrogen and oxygen atoms in total. The summed E-state index contributed by atoms with van der Waals surface area (Å²) < 4.78 is 1.15. The van der Waals surface area contributed by atoms with Gasteiger partial charge in [-0.2, -0.15) is 0 Å². The van der Waals surface area contributed by atoms with E-state index in [-0.39, 0.29) is 6.47 Å². The Morgan fingerprint density at radius 1 is 1.27 bits per heavy atom. The summed E-state index contributed by atoms with van der Waals surface area (Å²) in [6.45, 7) is 6.84. The van der Waals surface area contributed by atoms with Gasteiger partial charge in [-0.3, -0.25) is 4.79 Å². The van der Waals surface area contributed by atoms with Crippen molar-refractivity contribution in [2.24, 2.45) is 0 Å². The molecule has 0 aliphatic carbocycles. The first-order valence-electron chi connectivity index (χ1n) is 10.4. The van der Waals surface area contributed by atoms with Crippen molar-refractivity contribution in [2.75, 3.05) is 13.1 Å². The summed E-state index contributed by atoms with van der Waals surface area (Å²) in [6, 6.07) is 16.0. The van der Waals surface area contributed by atoms with Crippen LogP contribution in [-0.4, -0.2) is 40.6 Å². The lowest BCUT2D eigenvalue weighted by atomic mass is 9.88. The number of fused-ring (bicyclic) bond motifs is 1. The second kappa shape index (κ2) is 11.0.